The number of carbonyl (C=O) groups is 1. The van der Waals surface area contributed by atoms with E-state index >= 15 is 0 Å². The number of carboxylic acid groups (broad SMARTS) is 1. The molecule has 2 N–H and O–H groups in total. The molecule has 0 fully saturated rings. The average Bonchev–Trinajstić information content (AvgIpc) is 2.08. The molecule has 0 radical (unpaired) electrons. The molecule has 1 rings (SSSR count). The Kier molecular flexibility index (Phi) is 3.33. The number of pyridine rings is 1. The van der Waals surface area contributed by atoms with E-state index in [9.17, 15) is 9.90 Å². The van der Waals surface area contributed by atoms with Crippen LogP contribution in [0.25, 0.3) is 0 Å². The van der Waals surface area contributed by atoms with Gasteiger partial charge in [-0.1, -0.05) is 11.8 Å². The topological polar surface area (TPSA) is 70.4 Å². The highest BCUT2D eigenvalue weighted by Crippen LogP contribution is 2.25. The van der Waals surface area contributed by atoms with Crippen LogP contribution in [0.4, 0.5) is 0 Å². The predicted octanol–water partition coefficient (Wildman–Crippen LogP) is 1.48. The number of thioether (sulfide) groups is 1. The Morgan fingerprint density at radius 2 is 2.38 bits per heavy atom. The highest BCUT2D eigenvalue weighted by molar-refractivity contribution is 8.02. The molecule has 1 aromatic rings. The molecular formula is C8H7NO3S. The highest BCUT2D eigenvalue weighted by Gasteiger charge is 1.98. The minimum atomic E-state index is -1.03. The molecule has 68 valence electrons. The fourth-order valence-electron chi connectivity index (χ4n) is 0.630. The maximum atomic E-state index is 10.1. The minimum absolute atomic E-state index is 0.0440. The monoisotopic (exact) mass is 197 g/mol. The SMILES string of the molecule is O=C(O)C=CSc1ncccc1O. The van der Waals surface area contributed by atoms with E-state index in [1.807, 2.05) is 0 Å². The van der Waals surface area contributed by atoms with Crippen LogP contribution in [0.3, 0.4) is 0 Å². The summed E-state index contributed by atoms with van der Waals surface area (Å²) in [6, 6.07) is 3.09. The fourth-order valence-corrected chi connectivity index (χ4v) is 1.25. The Morgan fingerprint density at radius 3 is 3.00 bits per heavy atom. The molecule has 4 nitrogen and oxygen atoms in total. The van der Waals surface area contributed by atoms with Crippen molar-refractivity contribution in [2.24, 2.45) is 0 Å². The average molecular weight is 197 g/mol. The Hall–Kier alpha value is -1.49. The van der Waals surface area contributed by atoms with Crippen LogP contribution in [-0.2, 0) is 4.79 Å². The number of aromatic nitrogens is 1. The molecule has 1 aromatic heterocycles. The number of aromatic hydroxyl groups is 1. The van der Waals surface area contributed by atoms with Crippen LogP contribution in [-0.4, -0.2) is 21.2 Å². The number of hydrogen-bond donors (Lipinski definition) is 2. The quantitative estimate of drug-likeness (QED) is 0.567. The Bertz CT molecular complexity index is 338. The molecule has 0 saturated carbocycles. The zero-order chi connectivity index (χ0) is 9.68. The third-order valence-corrected chi connectivity index (χ3v) is 1.95. The molecule has 0 aliphatic heterocycles. The van der Waals surface area contributed by atoms with Gasteiger partial charge in [0.25, 0.3) is 0 Å². The predicted molar refractivity (Wildman–Crippen MR) is 48.5 cm³/mol. The summed E-state index contributed by atoms with van der Waals surface area (Å²) in [6.07, 6.45) is 2.51. The van der Waals surface area contributed by atoms with Gasteiger partial charge in [-0.05, 0) is 17.5 Å². The molecule has 0 aliphatic rings. The van der Waals surface area contributed by atoms with E-state index in [0.717, 1.165) is 17.8 Å². The standard InChI is InChI=1S/C8H7NO3S/c10-6-2-1-4-9-8(6)13-5-3-7(11)12/h1-5,10H,(H,11,12). The van der Waals surface area contributed by atoms with Crippen molar-refractivity contribution < 1.29 is 15.0 Å². The van der Waals surface area contributed by atoms with Crippen molar-refractivity contribution in [2.45, 2.75) is 5.03 Å². The molecule has 0 bridgehead atoms. The maximum absolute atomic E-state index is 10.1. The van der Waals surface area contributed by atoms with Crippen molar-refractivity contribution >= 4 is 17.7 Å². The van der Waals surface area contributed by atoms with Crippen LogP contribution in [0, 0.1) is 0 Å². The van der Waals surface area contributed by atoms with Crippen molar-refractivity contribution in [2.75, 3.05) is 0 Å². The first-order chi connectivity index (χ1) is 6.20. The summed E-state index contributed by atoms with van der Waals surface area (Å²) in [7, 11) is 0. The fraction of sp³-hybridized carbons (Fsp3) is 0. The van der Waals surface area contributed by atoms with Gasteiger partial charge in [0, 0.05) is 12.3 Å². The van der Waals surface area contributed by atoms with Gasteiger partial charge in [-0.15, -0.1) is 0 Å². The second-order valence-corrected chi connectivity index (χ2v) is 2.98. The normalized spacial score (nSPS) is 10.5. The first-order valence-electron chi connectivity index (χ1n) is 3.40. The Labute approximate surface area is 78.9 Å². The second-order valence-electron chi connectivity index (χ2n) is 2.09. The van der Waals surface area contributed by atoms with Crippen molar-refractivity contribution in [1.82, 2.24) is 4.98 Å². The van der Waals surface area contributed by atoms with Crippen LogP contribution < -0.4 is 0 Å². The van der Waals surface area contributed by atoms with Crippen molar-refractivity contribution in [3.8, 4) is 5.75 Å². The smallest absolute Gasteiger partial charge is 0.328 e. The largest absolute Gasteiger partial charge is 0.505 e. The molecular weight excluding hydrogens is 190 g/mol. The number of rotatable bonds is 3. The van der Waals surface area contributed by atoms with Crippen LogP contribution >= 0.6 is 11.8 Å². The highest BCUT2D eigenvalue weighted by atomic mass is 32.2. The van der Waals surface area contributed by atoms with Crippen LogP contribution in [0.15, 0.2) is 34.8 Å². The van der Waals surface area contributed by atoms with E-state index in [0.29, 0.717) is 5.03 Å². The summed E-state index contributed by atoms with van der Waals surface area (Å²) < 4.78 is 0. The van der Waals surface area contributed by atoms with E-state index in [4.69, 9.17) is 5.11 Å². The number of carboxylic acids is 1. The molecule has 5 heteroatoms. The second kappa shape index (κ2) is 4.51. The molecule has 0 aliphatic carbocycles. The van der Waals surface area contributed by atoms with E-state index in [1.54, 1.807) is 6.07 Å². The third kappa shape index (κ3) is 3.16. The molecule has 0 aromatic carbocycles. The molecule has 13 heavy (non-hydrogen) atoms. The number of nitrogens with zero attached hydrogens (tertiary/aromatic N) is 1. The van der Waals surface area contributed by atoms with Gasteiger partial charge in [0.05, 0.1) is 0 Å². The summed E-state index contributed by atoms with van der Waals surface area (Å²) in [4.78, 5) is 13.9. The van der Waals surface area contributed by atoms with Gasteiger partial charge < -0.3 is 10.2 Å². The van der Waals surface area contributed by atoms with Gasteiger partial charge in [-0.2, -0.15) is 0 Å². The van der Waals surface area contributed by atoms with Gasteiger partial charge in [0.1, 0.15) is 10.8 Å². The molecule has 0 unspecified atom stereocenters. The minimum Gasteiger partial charge on any atom is -0.505 e. The van der Waals surface area contributed by atoms with Crippen molar-refractivity contribution in [3.63, 3.8) is 0 Å². The first kappa shape index (κ1) is 9.60. The summed E-state index contributed by atoms with van der Waals surface area (Å²) in [5.74, 6) is -0.981. The Balaban J connectivity index is 2.64. The lowest BCUT2D eigenvalue weighted by Gasteiger charge is -1.96. The summed E-state index contributed by atoms with van der Waals surface area (Å²) >= 11 is 1.05. The van der Waals surface area contributed by atoms with E-state index in [1.165, 1.54) is 17.7 Å². The van der Waals surface area contributed by atoms with Crippen molar-refractivity contribution in [1.29, 1.82) is 0 Å². The van der Waals surface area contributed by atoms with Crippen LogP contribution in [0.5, 0.6) is 5.75 Å². The lowest BCUT2D eigenvalue weighted by atomic mass is 10.5. The summed E-state index contributed by atoms with van der Waals surface area (Å²) in [5.41, 5.74) is 0. The van der Waals surface area contributed by atoms with Gasteiger partial charge in [0.2, 0.25) is 0 Å². The number of hydrogen-bond acceptors (Lipinski definition) is 4. The molecule has 0 atom stereocenters. The lowest BCUT2D eigenvalue weighted by Crippen LogP contribution is -1.84. The zero-order valence-electron chi connectivity index (χ0n) is 6.54. The molecule has 0 amide bonds. The van der Waals surface area contributed by atoms with Gasteiger partial charge in [0.15, 0.2) is 0 Å². The van der Waals surface area contributed by atoms with Gasteiger partial charge in [-0.3, -0.25) is 0 Å². The zero-order valence-corrected chi connectivity index (χ0v) is 7.36. The lowest BCUT2D eigenvalue weighted by molar-refractivity contribution is -0.131. The van der Waals surface area contributed by atoms with Crippen molar-refractivity contribution in [3.05, 3.63) is 29.8 Å². The number of aliphatic carboxylic acids is 1. The van der Waals surface area contributed by atoms with E-state index in [2.05, 4.69) is 4.98 Å². The maximum Gasteiger partial charge on any atom is 0.328 e. The van der Waals surface area contributed by atoms with Crippen LogP contribution in [0.1, 0.15) is 0 Å². The molecule has 0 saturated heterocycles. The summed E-state index contributed by atoms with van der Waals surface area (Å²) in [6.45, 7) is 0. The molecule has 1 heterocycles. The molecule has 0 spiro atoms. The first-order valence-corrected chi connectivity index (χ1v) is 4.28. The van der Waals surface area contributed by atoms with E-state index in [-0.39, 0.29) is 5.75 Å². The summed E-state index contributed by atoms with van der Waals surface area (Å²) in [5, 5.41) is 19.2. The third-order valence-electron chi connectivity index (χ3n) is 1.14. The Morgan fingerprint density at radius 1 is 1.62 bits per heavy atom. The van der Waals surface area contributed by atoms with E-state index < -0.39 is 5.97 Å². The van der Waals surface area contributed by atoms with Crippen LogP contribution in [0.2, 0.25) is 0 Å². The van der Waals surface area contributed by atoms with Gasteiger partial charge in [-0.25, -0.2) is 9.78 Å². The van der Waals surface area contributed by atoms with Gasteiger partial charge >= 0.3 is 5.97 Å².